The van der Waals surface area contributed by atoms with E-state index < -0.39 is 0 Å². The minimum atomic E-state index is 0.108. The number of hydrogen-bond acceptors (Lipinski definition) is 4. The summed E-state index contributed by atoms with van der Waals surface area (Å²) in [5.74, 6) is 5.74. The lowest BCUT2D eigenvalue weighted by Gasteiger charge is -2.17. The van der Waals surface area contributed by atoms with E-state index in [2.05, 4.69) is 62.8 Å². The highest BCUT2D eigenvalue weighted by molar-refractivity contribution is 7.09. The zero-order chi connectivity index (χ0) is 15.5. The zero-order valence-corrected chi connectivity index (χ0v) is 14.1. The molecule has 2 aromatic rings. The molecule has 21 heavy (non-hydrogen) atoms. The Hall–Kier alpha value is -1.23. The second-order valence-corrected chi connectivity index (χ2v) is 7.52. The Balaban J connectivity index is 2.06. The third-order valence-electron chi connectivity index (χ3n) is 3.70. The van der Waals surface area contributed by atoms with Gasteiger partial charge in [0.05, 0.1) is 10.7 Å². The fourth-order valence-corrected chi connectivity index (χ4v) is 3.36. The van der Waals surface area contributed by atoms with Crippen LogP contribution in [0.1, 0.15) is 42.6 Å². The van der Waals surface area contributed by atoms with Crippen LogP contribution in [0.3, 0.4) is 0 Å². The molecule has 3 N–H and O–H groups in total. The normalized spacial score (nSPS) is 13.4. The van der Waals surface area contributed by atoms with Crippen LogP contribution >= 0.6 is 11.3 Å². The summed E-state index contributed by atoms with van der Waals surface area (Å²) in [6.45, 7) is 8.72. The summed E-state index contributed by atoms with van der Waals surface area (Å²) >= 11 is 1.73. The van der Waals surface area contributed by atoms with Gasteiger partial charge in [-0.15, -0.1) is 11.3 Å². The number of nitrogens with zero attached hydrogens (tertiary/aromatic N) is 1. The standard InChI is InChI=1S/C17H25N3S/c1-12-7-5-6-8-13(12)9-14(20-18)10-16-19-15(11-21-16)17(2,3)4/h5-8,11,14,20H,9-10,18H2,1-4H3. The van der Waals surface area contributed by atoms with Crippen LogP contribution in [-0.4, -0.2) is 11.0 Å². The third-order valence-corrected chi connectivity index (χ3v) is 4.58. The number of hydrazine groups is 1. The molecule has 1 aromatic heterocycles. The molecule has 0 amide bonds. The second-order valence-electron chi connectivity index (χ2n) is 6.57. The topological polar surface area (TPSA) is 50.9 Å². The number of nitrogens with two attached hydrogens (primary N) is 1. The SMILES string of the molecule is Cc1ccccc1CC(Cc1nc(C(C)(C)C)cs1)NN. The van der Waals surface area contributed by atoms with Crippen molar-refractivity contribution < 1.29 is 0 Å². The van der Waals surface area contributed by atoms with Crippen molar-refractivity contribution in [2.75, 3.05) is 0 Å². The molecular weight excluding hydrogens is 278 g/mol. The lowest BCUT2D eigenvalue weighted by atomic mass is 9.93. The zero-order valence-electron chi connectivity index (χ0n) is 13.3. The number of thiazole rings is 1. The number of rotatable bonds is 5. The van der Waals surface area contributed by atoms with Gasteiger partial charge in [0.25, 0.3) is 0 Å². The lowest BCUT2D eigenvalue weighted by molar-refractivity contribution is 0.516. The minimum Gasteiger partial charge on any atom is -0.271 e. The van der Waals surface area contributed by atoms with Crippen LogP contribution < -0.4 is 11.3 Å². The molecule has 0 saturated carbocycles. The van der Waals surface area contributed by atoms with Crippen LogP contribution in [-0.2, 0) is 18.3 Å². The molecule has 1 unspecified atom stereocenters. The average Bonchev–Trinajstić information content (AvgIpc) is 2.89. The largest absolute Gasteiger partial charge is 0.271 e. The van der Waals surface area contributed by atoms with Gasteiger partial charge in [0.15, 0.2) is 0 Å². The summed E-state index contributed by atoms with van der Waals surface area (Å²) in [6.07, 6.45) is 1.79. The fourth-order valence-electron chi connectivity index (χ4n) is 2.25. The number of hydrogen-bond donors (Lipinski definition) is 2. The fraction of sp³-hybridized carbons (Fsp3) is 0.471. The Kier molecular flexibility index (Phi) is 5.14. The summed E-state index contributed by atoms with van der Waals surface area (Å²) in [7, 11) is 0. The van der Waals surface area contributed by atoms with E-state index in [4.69, 9.17) is 10.8 Å². The van der Waals surface area contributed by atoms with Gasteiger partial charge in [0.1, 0.15) is 0 Å². The Morgan fingerprint density at radius 1 is 1.24 bits per heavy atom. The van der Waals surface area contributed by atoms with Gasteiger partial charge in [0, 0.05) is 23.3 Å². The first-order valence-electron chi connectivity index (χ1n) is 7.35. The van der Waals surface area contributed by atoms with E-state index in [0.29, 0.717) is 0 Å². The Labute approximate surface area is 131 Å². The van der Waals surface area contributed by atoms with E-state index >= 15 is 0 Å². The Morgan fingerprint density at radius 2 is 1.95 bits per heavy atom. The van der Waals surface area contributed by atoms with Gasteiger partial charge >= 0.3 is 0 Å². The van der Waals surface area contributed by atoms with E-state index in [1.54, 1.807) is 11.3 Å². The monoisotopic (exact) mass is 303 g/mol. The third kappa shape index (κ3) is 4.37. The first kappa shape index (κ1) is 16.1. The minimum absolute atomic E-state index is 0.108. The quantitative estimate of drug-likeness (QED) is 0.658. The van der Waals surface area contributed by atoms with Crippen LogP contribution in [0.15, 0.2) is 29.6 Å². The molecular formula is C17H25N3S. The first-order valence-corrected chi connectivity index (χ1v) is 8.23. The van der Waals surface area contributed by atoms with Gasteiger partial charge in [-0.3, -0.25) is 11.3 Å². The molecule has 114 valence electrons. The van der Waals surface area contributed by atoms with Crippen molar-refractivity contribution in [3.8, 4) is 0 Å². The molecule has 0 aliphatic rings. The summed E-state index contributed by atoms with van der Waals surface area (Å²) in [4.78, 5) is 4.76. The highest BCUT2D eigenvalue weighted by Crippen LogP contribution is 2.24. The number of benzene rings is 1. The van der Waals surface area contributed by atoms with Crippen LogP contribution in [0, 0.1) is 6.92 Å². The van der Waals surface area contributed by atoms with E-state index in [-0.39, 0.29) is 11.5 Å². The Bertz CT molecular complexity index is 584. The first-order chi connectivity index (χ1) is 9.90. The van der Waals surface area contributed by atoms with Gasteiger partial charge < -0.3 is 0 Å². The molecule has 0 aliphatic carbocycles. The average molecular weight is 303 g/mol. The van der Waals surface area contributed by atoms with Crippen LogP contribution in [0.4, 0.5) is 0 Å². The van der Waals surface area contributed by atoms with Crippen LogP contribution in [0.25, 0.3) is 0 Å². The van der Waals surface area contributed by atoms with Crippen molar-refractivity contribution in [2.45, 2.75) is 52.0 Å². The number of aromatic nitrogens is 1. The van der Waals surface area contributed by atoms with Gasteiger partial charge in [-0.1, -0.05) is 45.0 Å². The summed E-state index contributed by atoms with van der Waals surface area (Å²) < 4.78 is 0. The van der Waals surface area contributed by atoms with Crippen molar-refractivity contribution >= 4 is 11.3 Å². The summed E-state index contributed by atoms with van der Waals surface area (Å²) in [5, 5.41) is 3.31. The van der Waals surface area contributed by atoms with Crippen molar-refractivity contribution in [3.63, 3.8) is 0 Å². The molecule has 0 aliphatic heterocycles. The van der Waals surface area contributed by atoms with E-state index in [1.165, 1.54) is 11.1 Å². The molecule has 2 rings (SSSR count). The predicted molar refractivity (Wildman–Crippen MR) is 90.5 cm³/mol. The summed E-state index contributed by atoms with van der Waals surface area (Å²) in [6, 6.07) is 8.67. The molecule has 0 spiro atoms. The van der Waals surface area contributed by atoms with Gasteiger partial charge in [-0.2, -0.15) is 0 Å². The molecule has 0 saturated heterocycles. The molecule has 0 bridgehead atoms. The molecule has 1 atom stereocenters. The smallest absolute Gasteiger partial charge is 0.0944 e. The number of nitrogens with one attached hydrogen (secondary N) is 1. The lowest BCUT2D eigenvalue weighted by Crippen LogP contribution is -2.38. The van der Waals surface area contributed by atoms with Crippen molar-refractivity contribution in [1.82, 2.24) is 10.4 Å². The second kappa shape index (κ2) is 6.69. The number of aryl methyl sites for hydroxylation is 1. The molecule has 0 fully saturated rings. The predicted octanol–water partition coefficient (Wildman–Crippen LogP) is 3.37. The van der Waals surface area contributed by atoms with Crippen molar-refractivity contribution in [3.05, 3.63) is 51.5 Å². The van der Waals surface area contributed by atoms with Crippen LogP contribution in [0.2, 0.25) is 0 Å². The Morgan fingerprint density at radius 3 is 2.52 bits per heavy atom. The van der Waals surface area contributed by atoms with Crippen molar-refractivity contribution in [2.24, 2.45) is 5.84 Å². The van der Waals surface area contributed by atoms with E-state index in [9.17, 15) is 0 Å². The van der Waals surface area contributed by atoms with Gasteiger partial charge in [-0.25, -0.2) is 4.98 Å². The van der Waals surface area contributed by atoms with Crippen molar-refractivity contribution in [1.29, 1.82) is 0 Å². The van der Waals surface area contributed by atoms with Crippen LogP contribution in [0.5, 0.6) is 0 Å². The highest BCUT2D eigenvalue weighted by atomic mass is 32.1. The van der Waals surface area contributed by atoms with Gasteiger partial charge in [-0.05, 0) is 24.5 Å². The highest BCUT2D eigenvalue weighted by Gasteiger charge is 2.19. The summed E-state index contributed by atoms with van der Waals surface area (Å²) in [5.41, 5.74) is 6.86. The molecule has 3 nitrogen and oxygen atoms in total. The van der Waals surface area contributed by atoms with E-state index in [1.807, 2.05) is 0 Å². The maximum absolute atomic E-state index is 5.74. The molecule has 4 heteroatoms. The maximum Gasteiger partial charge on any atom is 0.0944 e. The van der Waals surface area contributed by atoms with Gasteiger partial charge in [0.2, 0.25) is 0 Å². The molecule has 0 radical (unpaired) electrons. The van der Waals surface area contributed by atoms with E-state index in [0.717, 1.165) is 23.5 Å². The molecule has 1 aromatic carbocycles. The maximum atomic E-state index is 5.74. The molecule has 1 heterocycles.